The minimum Gasteiger partial charge on any atom is -0.347 e. The molecule has 1 aromatic heterocycles. The molecule has 0 aliphatic heterocycles. The minimum atomic E-state index is -0.314. The number of anilines is 1. The van der Waals surface area contributed by atoms with Crippen LogP contribution in [0.2, 0.25) is 0 Å². The number of pyridine rings is 1. The lowest BCUT2D eigenvalue weighted by Crippen LogP contribution is -2.29. The third-order valence-corrected chi connectivity index (χ3v) is 3.94. The van der Waals surface area contributed by atoms with E-state index in [1.165, 1.54) is 4.90 Å². The normalized spacial score (nSPS) is 10.2. The van der Waals surface area contributed by atoms with Crippen molar-refractivity contribution in [2.75, 3.05) is 11.9 Å². The van der Waals surface area contributed by atoms with Crippen LogP contribution in [0, 0.1) is 0 Å². The number of aromatic nitrogens is 1. The van der Waals surface area contributed by atoms with Gasteiger partial charge in [0.25, 0.3) is 11.8 Å². The standard InChI is InChI=1S/C21H19N3O2/c1-24(17-11-6-3-7-12-17)21(26)19-14-8-13-18(23-19)20(25)22-15-16-9-4-2-5-10-16/h2-14H,15H2,1H3,(H,22,25). The summed E-state index contributed by atoms with van der Waals surface area (Å²) < 4.78 is 0. The van der Waals surface area contributed by atoms with Gasteiger partial charge in [0.1, 0.15) is 11.4 Å². The molecular formula is C21H19N3O2. The molecule has 130 valence electrons. The molecule has 0 atom stereocenters. The fourth-order valence-electron chi connectivity index (χ4n) is 2.49. The van der Waals surface area contributed by atoms with E-state index in [-0.39, 0.29) is 23.2 Å². The first-order chi connectivity index (χ1) is 12.6. The zero-order valence-electron chi connectivity index (χ0n) is 14.4. The molecular weight excluding hydrogens is 326 g/mol. The predicted molar refractivity (Wildman–Crippen MR) is 101 cm³/mol. The van der Waals surface area contributed by atoms with E-state index in [9.17, 15) is 9.59 Å². The number of rotatable bonds is 5. The van der Waals surface area contributed by atoms with Crippen LogP contribution in [0.1, 0.15) is 26.5 Å². The summed E-state index contributed by atoms with van der Waals surface area (Å²) in [6.07, 6.45) is 0. The molecule has 0 fully saturated rings. The van der Waals surface area contributed by atoms with Gasteiger partial charge in [0.2, 0.25) is 0 Å². The third-order valence-electron chi connectivity index (χ3n) is 3.94. The SMILES string of the molecule is CN(C(=O)c1cccc(C(=O)NCc2ccccc2)n1)c1ccccc1. The highest BCUT2D eigenvalue weighted by Crippen LogP contribution is 2.14. The number of amides is 2. The van der Waals surface area contributed by atoms with Gasteiger partial charge in [-0.3, -0.25) is 9.59 Å². The van der Waals surface area contributed by atoms with Gasteiger partial charge in [0.15, 0.2) is 0 Å². The van der Waals surface area contributed by atoms with Crippen LogP contribution in [0.25, 0.3) is 0 Å². The Morgan fingerprint density at radius 2 is 1.46 bits per heavy atom. The molecule has 0 saturated heterocycles. The van der Waals surface area contributed by atoms with Crippen molar-refractivity contribution < 1.29 is 9.59 Å². The summed E-state index contributed by atoms with van der Waals surface area (Å²) in [6, 6.07) is 23.8. The highest BCUT2D eigenvalue weighted by molar-refractivity contribution is 6.05. The molecule has 1 N–H and O–H groups in total. The average Bonchev–Trinajstić information content (AvgIpc) is 2.72. The number of nitrogens with one attached hydrogen (secondary N) is 1. The second kappa shape index (κ2) is 8.07. The van der Waals surface area contributed by atoms with Crippen LogP contribution >= 0.6 is 0 Å². The van der Waals surface area contributed by atoms with Gasteiger partial charge >= 0.3 is 0 Å². The van der Waals surface area contributed by atoms with Crippen molar-refractivity contribution in [1.29, 1.82) is 0 Å². The summed E-state index contributed by atoms with van der Waals surface area (Å²) in [5.41, 5.74) is 2.20. The fourth-order valence-corrected chi connectivity index (χ4v) is 2.49. The Morgan fingerprint density at radius 3 is 2.15 bits per heavy atom. The van der Waals surface area contributed by atoms with Crippen molar-refractivity contribution in [3.05, 3.63) is 95.8 Å². The maximum Gasteiger partial charge on any atom is 0.276 e. The predicted octanol–water partition coefficient (Wildman–Crippen LogP) is 3.29. The number of para-hydroxylation sites is 1. The summed E-state index contributed by atoms with van der Waals surface area (Å²) >= 11 is 0. The number of hydrogen-bond acceptors (Lipinski definition) is 3. The van der Waals surface area contributed by atoms with Crippen LogP contribution in [-0.2, 0) is 6.54 Å². The fraction of sp³-hybridized carbons (Fsp3) is 0.0952. The van der Waals surface area contributed by atoms with Crippen molar-refractivity contribution in [3.8, 4) is 0 Å². The van der Waals surface area contributed by atoms with E-state index >= 15 is 0 Å². The van der Waals surface area contributed by atoms with Gasteiger partial charge in [0.05, 0.1) is 0 Å². The third kappa shape index (κ3) is 4.13. The molecule has 0 saturated carbocycles. The lowest BCUT2D eigenvalue weighted by Gasteiger charge is -2.17. The highest BCUT2D eigenvalue weighted by atomic mass is 16.2. The first-order valence-electron chi connectivity index (χ1n) is 8.27. The van der Waals surface area contributed by atoms with Crippen LogP contribution in [0.3, 0.4) is 0 Å². The van der Waals surface area contributed by atoms with Crippen molar-refractivity contribution in [2.24, 2.45) is 0 Å². The Hall–Kier alpha value is -3.47. The first kappa shape index (κ1) is 17.4. The second-order valence-electron chi connectivity index (χ2n) is 5.78. The van der Waals surface area contributed by atoms with E-state index in [1.807, 2.05) is 60.7 Å². The van der Waals surface area contributed by atoms with Crippen molar-refractivity contribution in [2.45, 2.75) is 6.54 Å². The van der Waals surface area contributed by atoms with Crippen LogP contribution in [-0.4, -0.2) is 23.8 Å². The Balaban J connectivity index is 1.71. The van der Waals surface area contributed by atoms with Gasteiger partial charge in [-0.1, -0.05) is 54.6 Å². The molecule has 5 heteroatoms. The van der Waals surface area contributed by atoms with Crippen LogP contribution in [0.4, 0.5) is 5.69 Å². The molecule has 26 heavy (non-hydrogen) atoms. The summed E-state index contributed by atoms with van der Waals surface area (Å²) in [5, 5.41) is 2.82. The Bertz CT molecular complexity index is 895. The lowest BCUT2D eigenvalue weighted by molar-refractivity contribution is 0.0945. The summed E-state index contributed by atoms with van der Waals surface area (Å²) in [6.45, 7) is 0.406. The molecule has 0 aliphatic rings. The topological polar surface area (TPSA) is 62.3 Å². The molecule has 0 aliphatic carbocycles. The van der Waals surface area contributed by atoms with Crippen LogP contribution < -0.4 is 10.2 Å². The lowest BCUT2D eigenvalue weighted by atomic mass is 10.2. The van der Waals surface area contributed by atoms with E-state index in [0.29, 0.717) is 6.54 Å². The van der Waals surface area contributed by atoms with Gasteiger partial charge in [-0.05, 0) is 29.8 Å². The smallest absolute Gasteiger partial charge is 0.276 e. The highest BCUT2D eigenvalue weighted by Gasteiger charge is 2.16. The zero-order chi connectivity index (χ0) is 18.4. The van der Waals surface area contributed by atoms with Gasteiger partial charge in [0, 0.05) is 19.3 Å². The summed E-state index contributed by atoms with van der Waals surface area (Å²) in [4.78, 5) is 30.7. The van der Waals surface area contributed by atoms with E-state index < -0.39 is 0 Å². The van der Waals surface area contributed by atoms with E-state index in [1.54, 1.807) is 25.2 Å². The van der Waals surface area contributed by atoms with Gasteiger partial charge in [-0.2, -0.15) is 0 Å². The van der Waals surface area contributed by atoms with Gasteiger partial charge < -0.3 is 10.2 Å². The van der Waals surface area contributed by atoms with Crippen LogP contribution in [0.15, 0.2) is 78.9 Å². The molecule has 3 aromatic rings. The second-order valence-corrected chi connectivity index (χ2v) is 5.78. The number of carbonyl (C=O) groups excluding carboxylic acids is 2. The monoisotopic (exact) mass is 345 g/mol. The number of nitrogens with zero attached hydrogens (tertiary/aromatic N) is 2. The van der Waals surface area contributed by atoms with Crippen LogP contribution in [0.5, 0.6) is 0 Å². The zero-order valence-corrected chi connectivity index (χ0v) is 14.4. The van der Waals surface area contributed by atoms with E-state index in [4.69, 9.17) is 0 Å². The molecule has 2 aromatic carbocycles. The number of benzene rings is 2. The van der Waals surface area contributed by atoms with E-state index in [2.05, 4.69) is 10.3 Å². The van der Waals surface area contributed by atoms with Crippen molar-refractivity contribution >= 4 is 17.5 Å². The quantitative estimate of drug-likeness (QED) is 0.772. The minimum absolute atomic E-state index is 0.216. The summed E-state index contributed by atoms with van der Waals surface area (Å²) in [5.74, 6) is -0.584. The van der Waals surface area contributed by atoms with Gasteiger partial charge in [-0.15, -0.1) is 0 Å². The molecule has 0 unspecified atom stereocenters. The molecule has 1 heterocycles. The summed E-state index contributed by atoms with van der Waals surface area (Å²) in [7, 11) is 1.68. The van der Waals surface area contributed by atoms with Crippen molar-refractivity contribution in [3.63, 3.8) is 0 Å². The number of hydrogen-bond donors (Lipinski definition) is 1. The van der Waals surface area contributed by atoms with Crippen molar-refractivity contribution in [1.82, 2.24) is 10.3 Å². The number of carbonyl (C=O) groups is 2. The molecule has 5 nitrogen and oxygen atoms in total. The van der Waals surface area contributed by atoms with Gasteiger partial charge in [-0.25, -0.2) is 4.98 Å². The van der Waals surface area contributed by atoms with E-state index in [0.717, 1.165) is 11.3 Å². The first-order valence-corrected chi connectivity index (χ1v) is 8.27. The Labute approximate surface area is 152 Å². The average molecular weight is 345 g/mol. The molecule has 0 radical (unpaired) electrons. The Morgan fingerprint density at radius 1 is 0.846 bits per heavy atom. The molecule has 3 rings (SSSR count). The maximum atomic E-state index is 12.6. The molecule has 0 bridgehead atoms. The largest absolute Gasteiger partial charge is 0.347 e. The molecule has 0 spiro atoms. The maximum absolute atomic E-state index is 12.6. The Kier molecular flexibility index (Phi) is 5.39. The molecule has 2 amide bonds.